The van der Waals surface area contributed by atoms with E-state index in [1.54, 1.807) is 0 Å². The maximum atomic E-state index is 13.0. The summed E-state index contributed by atoms with van der Waals surface area (Å²) in [5.74, 6) is -2.89. The van der Waals surface area contributed by atoms with Crippen molar-refractivity contribution in [2.24, 2.45) is 5.73 Å². The molecule has 1 heterocycles. The topological polar surface area (TPSA) is 68.9 Å². The molecule has 17 heavy (non-hydrogen) atoms. The average molecular weight is 235 g/mol. The van der Waals surface area contributed by atoms with E-state index < -0.39 is 17.5 Å². The first kappa shape index (κ1) is 11.1. The number of carbonyl (C=O) groups excluding carboxylic acids is 1. The molecule has 0 aliphatic heterocycles. The zero-order chi connectivity index (χ0) is 12.4. The summed E-state index contributed by atoms with van der Waals surface area (Å²) in [5.41, 5.74) is 5.66. The predicted octanol–water partition coefficient (Wildman–Crippen LogP) is 1.52. The highest BCUT2D eigenvalue weighted by Gasteiger charge is 2.08. The Balaban J connectivity index is 2.49. The van der Waals surface area contributed by atoms with Gasteiger partial charge in [0.2, 0.25) is 5.82 Å². The molecule has 0 fully saturated rings. The van der Waals surface area contributed by atoms with Crippen LogP contribution in [-0.4, -0.2) is 15.9 Å². The number of hydrogen-bond acceptors (Lipinski definition) is 3. The molecule has 0 bridgehead atoms. The van der Waals surface area contributed by atoms with Crippen LogP contribution in [0.2, 0.25) is 0 Å². The third kappa shape index (κ3) is 2.25. The molecule has 0 spiro atoms. The molecule has 1 amide bonds. The van der Waals surface area contributed by atoms with E-state index in [-0.39, 0.29) is 5.82 Å². The summed E-state index contributed by atoms with van der Waals surface area (Å²) in [6, 6.07) is 4.80. The van der Waals surface area contributed by atoms with Crippen LogP contribution in [0.25, 0.3) is 11.3 Å². The molecule has 2 rings (SSSR count). The Kier molecular flexibility index (Phi) is 2.78. The Hall–Kier alpha value is -2.37. The van der Waals surface area contributed by atoms with Gasteiger partial charge < -0.3 is 5.73 Å². The lowest BCUT2D eigenvalue weighted by molar-refractivity contribution is 0.0990. The van der Waals surface area contributed by atoms with Gasteiger partial charge in [0.1, 0.15) is 0 Å². The summed E-state index contributed by atoms with van der Waals surface area (Å²) in [6.45, 7) is 0. The second-order valence-electron chi connectivity index (χ2n) is 3.26. The van der Waals surface area contributed by atoms with Gasteiger partial charge in [-0.25, -0.2) is 18.7 Å². The summed E-state index contributed by atoms with van der Waals surface area (Å²) < 4.78 is 25.8. The maximum Gasteiger partial charge on any atom is 0.286 e. The van der Waals surface area contributed by atoms with E-state index in [1.165, 1.54) is 18.3 Å². The van der Waals surface area contributed by atoms with Crippen LogP contribution in [0.5, 0.6) is 0 Å². The van der Waals surface area contributed by atoms with E-state index in [4.69, 9.17) is 5.73 Å². The van der Waals surface area contributed by atoms with Gasteiger partial charge in [-0.05, 0) is 24.3 Å². The van der Waals surface area contributed by atoms with Crippen LogP contribution in [0.1, 0.15) is 10.6 Å². The summed E-state index contributed by atoms with van der Waals surface area (Å²) in [6.07, 6.45) is 1.32. The van der Waals surface area contributed by atoms with Crippen LogP contribution in [0.4, 0.5) is 8.78 Å². The van der Waals surface area contributed by atoms with Crippen LogP contribution in [0, 0.1) is 11.6 Å². The molecular weight excluding hydrogens is 228 g/mol. The number of nitrogens with two attached hydrogens (primary N) is 1. The van der Waals surface area contributed by atoms with E-state index in [1.807, 2.05) is 0 Å². The van der Waals surface area contributed by atoms with Crippen molar-refractivity contribution in [3.8, 4) is 11.3 Å². The number of primary amides is 1. The lowest BCUT2D eigenvalue weighted by Crippen LogP contribution is -2.15. The van der Waals surface area contributed by atoms with E-state index in [0.717, 1.165) is 12.1 Å². The monoisotopic (exact) mass is 235 g/mol. The van der Waals surface area contributed by atoms with Crippen molar-refractivity contribution < 1.29 is 13.6 Å². The Morgan fingerprint density at radius 3 is 2.59 bits per heavy atom. The van der Waals surface area contributed by atoms with Crippen LogP contribution in [0.3, 0.4) is 0 Å². The normalized spacial score (nSPS) is 10.2. The quantitative estimate of drug-likeness (QED) is 0.857. The summed E-state index contributed by atoms with van der Waals surface area (Å²) in [4.78, 5) is 18.4. The molecule has 0 aliphatic carbocycles. The first-order chi connectivity index (χ1) is 8.08. The molecule has 1 aromatic carbocycles. The molecule has 4 nitrogen and oxygen atoms in total. The number of hydrogen-bond donors (Lipinski definition) is 1. The van der Waals surface area contributed by atoms with E-state index in [2.05, 4.69) is 9.97 Å². The van der Waals surface area contributed by atoms with Gasteiger partial charge in [0.05, 0.1) is 5.69 Å². The highest BCUT2D eigenvalue weighted by molar-refractivity contribution is 5.89. The standard InChI is InChI=1S/C11H7F2N3O/c12-7-2-1-6(5-8(7)13)9-3-4-15-11(16-9)10(14)17/h1-5H,(H2,14,17). The fraction of sp³-hybridized carbons (Fsp3) is 0. The van der Waals surface area contributed by atoms with Crippen molar-refractivity contribution in [2.45, 2.75) is 0 Å². The number of amides is 1. The molecule has 6 heteroatoms. The molecule has 2 aromatic rings. The number of nitrogens with zero attached hydrogens (tertiary/aromatic N) is 2. The van der Waals surface area contributed by atoms with Crippen molar-refractivity contribution in [1.29, 1.82) is 0 Å². The second-order valence-corrected chi connectivity index (χ2v) is 3.26. The van der Waals surface area contributed by atoms with Crippen LogP contribution in [-0.2, 0) is 0 Å². The van der Waals surface area contributed by atoms with E-state index in [0.29, 0.717) is 11.3 Å². The molecule has 0 saturated carbocycles. The molecule has 1 aromatic heterocycles. The molecule has 0 saturated heterocycles. The van der Waals surface area contributed by atoms with Crippen molar-refractivity contribution in [3.63, 3.8) is 0 Å². The Labute approximate surface area is 95.1 Å². The average Bonchev–Trinajstić information content (AvgIpc) is 2.33. The van der Waals surface area contributed by atoms with Crippen LogP contribution >= 0.6 is 0 Å². The van der Waals surface area contributed by atoms with E-state index >= 15 is 0 Å². The van der Waals surface area contributed by atoms with Crippen molar-refractivity contribution >= 4 is 5.91 Å². The SMILES string of the molecule is NC(=O)c1nccc(-c2ccc(F)c(F)c2)n1. The fourth-order valence-corrected chi connectivity index (χ4v) is 1.29. The molecular formula is C11H7F2N3O. The molecule has 2 N–H and O–H groups in total. The fourth-order valence-electron chi connectivity index (χ4n) is 1.29. The number of aromatic nitrogens is 2. The summed E-state index contributed by atoms with van der Waals surface area (Å²) in [7, 11) is 0. The Morgan fingerprint density at radius 1 is 1.18 bits per heavy atom. The predicted molar refractivity (Wildman–Crippen MR) is 55.9 cm³/mol. The molecule has 0 aliphatic rings. The van der Waals surface area contributed by atoms with Crippen molar-refractivity contribution in [1.82, 2.24) is 9.97 Å². The smallest absolute Gasteiger partial charge is 0.286 e. The second kappa shape index (κ2) is 4.25. The number of rotatable bonds is 2. The van der Waals surface area contributed by atoms with Gasteiger partial charge in [-0.15, -0.1) is 0 Å². The largest absolute Gasteiger partial charge is 0.363 e. The molecule has 0 unspecified atom stereocenters. The van der Waals surface area contributed by atoms with Crippen LogP contribution in [0.15, 0.2) is 30.5 Å². The number of halogens is 2. The highest BCUT2D eigenvalue weighted by Crippen LogP contribution is 2.19. The third-order valence-corrected chi connectivity index (χ3v) is 2.09. The minimum absolute atomic E-state index is 0.174. The lowest BCUT2D eigenvalue weighted by Gasteiger charge is -2.02. The van der Waals surface area contributed by atoms with Gasteiger partial charge in [0.25, 0.3) is 5.91 Å². The maximum absolute atomic E-state index is 13.0. The first-order valence-corrected chi connectivity index (χ1v) is 4.66. The molecule has 0 radical (unpaired) electrons. The first-order valence-electron chi connectivity index (χ1n) is 4.66. The number of benzene rings is 1. The van der Waals surface area contributed by atoms with E-state index in [9.17, 15) is 13.6 Å². The Morgan fingerprint density at radius 2 is 1.94 bits per heavy atom. The minimum Gasteiger partial charge on any atom is -0.363 e. The third-order valence-electron chi connectivity index (χ3n) is 2.09. The summed E-state index contributed by atoms with van der Waals surface area (Å²) in [5, 5.41) is 0. The molecule has 0 atom stereocenters. The zero-order valence-electron chi connectivity index (χ0n) is 8.52. The van der Waals surface area contributed by atoms with Gasteiger partial charge in [0.15, 0.2) is 11.6 Å². The number of carbonyl (C=O) groups is 1. The Bertz CT molecular complexity index is 587. The van der Waals surface area contributed by atoms with Crippen molar-refractivity contribution in [2.75, 3.05) is 0 Å². The van der Waals surface area contributed by atoms with Gasteiger partial charge in [-0.2, -0.15) is 0 Å². The molecule has 86 valence electrons. The van der Waals surface area contributed by atoms with Crippen molar-refractivity contribution in [3.05, 3.63) is 47.9 Å². The summed E-state index contributed by atoms with van der Waals surface area (Å²) >= 11 is 0. The van der Waals surface area contributed by atoms with Gasteiger partial charge in [-0.1, -0.05) is 0 Å². The highest BCUT2D eigenvalue weighted by atomic mass is 19.2. The zero-order valence-corrected chi connectivity index (χ0v) is 8.52. The lowest BCUT2D eigenvalue weighted by atomic mass is 10.1. The van der Waals surface area contributed by atoms with Crippen LogP contribution < -0.4 is 5.73 Å². The van der Waals surface area contributed by atoms with Gasteiger partial charge in [-0.3, -0.25) is 4.79 Å². The van der Waals surface area contributed by atoms with Gasteiger partial charge >= 0.3 is 0 Å². The minimum atomic E-state index is -0.985. The van der Waals surface area contributed by atoms with Gasteiger partial charge in [0, 0.05) is 11.8 Å².